The second-order valence-corrected chi connectivity index (χ2v) is 9.39. The normalized spacial score (nSPS) is 20.2. The number of benzene rings is 2. The van der Waals surface area contributed by atoms with E-state index < -0.39 is 17.7 Å². The second-order valence-electron chi connectivity index (χ2n) is 9.39. The summed E-state index contributed by atoms with van der Waals surface area (Å²) in [6.45, 7) is 12.1. The molecule has 2 fully saturated rings. The summed E-state index contributed by atoms with van der Waals surface area (Å²) in [5, 5.41) is 11.3. The molecular weight excluding hydrogens is 456 g/mol. The van der Waals surface area contributed by atoms with Crippen molar-refractivity contribution in [2.75, 3.05) is 46.0 Å². The predicted molar refractivity (Wildman–Crippen MR) is 139 cm³/mol. The molecule has 190 valence electrons. The van der Waals surface area contributed by atoms with Crippen molar-refractivity contribution in [1.82, 2.24) is 9.80 Å². The van der Waals surface area contributed by atoms with Gasteiger partial charge in [0.2, 0.25) is 0 Å². The first-order valence-corrected chi connectivity index (χ1v) is 12.4. The molecule has 0 bridgehead atoms. The molecule has 1 atom stereocenters. The number of hydrogen-bond acceptors (Lipinski definition) is 6. The number of morpholine rings is 1. The number of carbonyl (C=O) groups excluding carboxylic acids is 2. The van der Waals surface area contributed by atoms with Gasteiger partial charge in [-0.05, 0) is 41.3 Å². The second kappa shape index (κ2) is 11.5. The maximum absolute atomic E-state index is 13.3. The maximum atomic E-state index is 13.3. The lowest BCUT2D eigenvalue weighted by atomic mass is 9.93. The van der Waals surface area contributed by atoms with Gasteiger partial charge in [0.05, 0.1) is 24.8 Å². The van der Waals surface area contributed by atoms with Gasteiger partial charge in [-0.25, -0.2) is 0 Å². The third kappa shape index (κ3) is 5.53. The Labute approximate surface area is 212 Å². The van der Waals surface area contributed by atoms with Crippen LogP contribution in [0.1, 0.15) is 42.5 Å². The topological polar surface area (TPSA) is 79.3 Å². The minimum Gasteiger partial charge on any atom is -0.507 e. The molecule has 36 heavy (non-hydrogen) atoms. The summed E-state index contributed by atoms with van der Waals surface area (Å²) in [6, 6.07) is 14.1. The van der Waals surface area contributed by atoms with Gasteiger partial charge in [0, 0.05) is 31.7 Å². The average molecular weight is 491 g/mol. The molecule has 0 aromatic heterocycles. The maximum Gasteiger partial charge on any atom is 0.295 e. The number of Topliss-reactive ketones (excluding diaryl/α,β-unsaturated/α-hetero) is 1. The van der Waals surface area contributed by atoms with E-state index in [-0.39, 0.29) is 11.3 Å². The van der Waals surface area contributed by atoms with Crippen molar-refractivity contribution >= 4 is 17.4 Å². The van der Waals surface area contributed by atoms with Crippen LogP contribution in [0.5, 0.6) is 5.75 Å². The van der Waals surface area contributed by atoms with E-state index in [0.29, 0.717) is 50.1 Å². The van der Waals surface area contributed by atoms with Crippen LogP contribution in [-0.2, 0) is 14.3 Å². The Morgan fingerprint density at radius 1 is 1.08 bits per heavy atom. The van der Waals surface area contributed by atoms with Gasteiger partial charge in [0.15, 0.2) is 0 Å². The molecule has 0 aliphatic carbocycles. The van der Waals surface area contributed by atoms with Crippen LogP contribution < -0.4 is 4.74 Å². The first-order valence-electron chi connectivity index (χ1n) is 12.4. The minimum absolute atomic E-state index is 0.110. The summed E-state index contributed by atoms with van der Waals surface area (Å²) < 4.78 is 11.0. The number of amides is 1. The Morgan fingerprint density at radius 3 is 2.36 bits per heavy atom. The molecule has 2 aromatic rings. The van der Waals surface area contributed by atoms with Crippen molar-refractivity contribution in [2.24, 2.45) is 0 Å². The van der Waals surface area contributed by atoms with Crippen molar-refractivity contribution in [3.05, 3.63) is 83.4 Å². The molecule has 0 unspecified atom stereocenters. The Hall–Kier alpha value is -3.42. The third-order valence-electron chi connectivity index (χ3n) is 6.72. The molecule has 2 heterocycles. The molecule has 1 N–H and O–H groups in total. The van der Waals surface area contributed by atoms with Gasteiger partial charge in [-0.1, -0.05) is 50.8 Å². The third-order valence-corrected chi connectivity index (χ3v) is 6.72. The minimum atomic E-state index is -0.667. The van der Waals surface area contributed by atoms with Crippen LogP contribution in [0, 0.1) is 0 Å². The summed E-state index contributed by atoms with van der Waals surface area (Å²) >= 11 is 0. The largest absolute Gasteiger partial charge is 0.507 e. The number of aliphatic hydroxyl groups is 1. The molecule has 0 spiro atoms. The van der Waals surface area contributed by atoms with Crippen LogP contribution in [0.3, 0.4) is 0 Å². The number of aliphatic hydroxyl groups excluding tert-OH is 1. The number of rotatable bonds is 9. The molecule has 2 saturated heterocycles. The highest BCUT2D eigenvalue weighted by molar-refractivity contribution is 6.46. The SMILES string of the molecule is C=CCOc1ccc(C(O)=C2C(=O)C(=O)N(CCN3CCOCC3)[C@H]2c2ccc(C(C)C)cc2)cc1. The lowest BCUT2D eigenvalue weighted by Gasteiger charge is -2.31. The van der Waals surface area contributed by atoms with Crippen molar-refractivity contribution in [3.63, 3.8) is 0 Å². The van der Waals surface area contributed by atoms with E-state index in [1.54, 1.807) is 35.2 Å². The fraction of sp³-hybridized carbons (Fsp3) is 0.379. The standard InChI is InChI=1S/C29H34N2O5/c1-4-17-36-24-11-9-23(10-12-24)27(32)25-26(22-7-5-21(6-8-22)20(2)3)31(29(34)28(25)33)14-13-30-15-18-35-19-16-30/h4-12,20,26,32H,1,13-19H2,2-3H3/t26-/m0/s1. The van der Waals surface area contributed by atoms with Crippen molar-refractivity contribution in [3.8, 4) is 5.75 Å². The van der Waals surface area contributed by atoms with E-state index in [0.717, 1.165) is 18.7 Å². The highest BCUT2D eigenvalue weighted by atomic mass is 16.5. The molecule has 4 rings (SSSR count). The van der Waals surface area contributed by atoms with Crippen LogP contribution in [0.2, 0.25) is 0 Å². The van der Waals surface area contributed by atoms with Crippen molar-refractivity contribution in [1.29, 1.82) is 0 Å². The highest BCUT2D eigenvalue weighted by Crippen LogP contribution is 2.39. The van der Waals surface area contributed by atoms with Gasteiger partial charge in [0.25, 0.3) is 11.7 Å². The molecule has 1 amide bonds. The summed E-state index contributed by atoms with van der Waals surface area (Å²) in [6.07, 6.45) is 1.65. The van der Waals surface area contributed by atoms with E-state index in [1.165, 1.54) is 5.56 Å². The molecular formula is C29H34N2O5. The Kier molecular flexibility index (Phi) is 8.23. The smallest absolute Gasteiger partial charge is 0.295 e. The van der Waals surface area contributed by atoms with Crippen molar-refractivity contribution < 1.29 is 24.2 Å². The zero-order valence-electron chi connectivity index (χ0n) is 21.0. The molecule has 2 aliphatic heterocycles. The summed E-state index contributed by atoms with van der Waals surface area (Å²) in [5.41, 5.74) is 2.53. The Balaban J connectivity index is 1.70. The van der Waals surface area contributed by atoms with Gasteiger partial charge in [0.1, 0.15) is 18.1 Å². The zero-order chi connectivity index (χ0) is 25.7. The van der Waals surface area contributed by atoms with Gasteiger partial charge in [-0.2, -0.15) is 0 Å². The number of ketones is 1. The summed E-state index contributed by atoms with van der Waals surface area (Å²) in [5.74, 6) is -0.463. The molecule has 0 radical (unpaired) electrons. The lowest BCUT2D eigenvalue weighted by Crippen LogP contribution is -2.42. The molecule has 0 saturated carbocycles. The number of nitrogens with zero attached hydrogens (tertiary/aromatic N) is 2. The highest BCUT2D eigenvalue weighted by Gasteiger charge is 2.46. The molecule has 2 aliphatic rings. The molecule has 7 heteroatoms. The quantitative estimate of drug-likeness (QED) is 0.247. The van der Waals surface area contributed by atoms with Crippen LogP contribution >= 0.6 is 0 Å². The van der Waals surface area contributed by atoms with Crippen LogP contribution in [0.4, 0.5) is 0 Å². The lowest BCUT2D eigenvalue weighted by molar-refractivity contribution is -0.140. The van der Waals surface area contributed by atoms with Crippen LogP contribution in [0.15, 0.2) is 66.8 Å². The number of likely N-dealkylation sites (tertiary alicyclic amines) is 1. The monoisotopic (exact) mass is 490 g/mol. The van der Waals surface area contributed by atoms with Crippen molar-refractivity contribution in [2.45, 2.75) is 25.8 Å². The average Bonchev–Trinajstić information content (AvgIpc) is 3.16. The van der Waals surface area contributed by atoms with E-state index in [4.69, 9.17) is 9.47 Å². The molecule has 7 nitrogen and oxygen atoms in total. The first-order chi connectivity index (χ1) is 17.4. The predicted octanol–water partition coefficient (Wildman–Crippen LogP) is 4.13. The number of hydrogen-bond donors (Lipinski definition) is 1. The Bertz CT molecular complexity index is 1120. The van der Waals surface area contributed by atoms with Gasteiger partial charge in [-0.3, -0.25) is 14.5 Å². The fourth-order valence-corrected chi connectivity index (χ4v) is 4.61. The van der Waals surface area contributed by atoms with Gasteiger partial charge < -0.3 is 19.5 Å². The van der Waals surface area contributed by atoms with Gasteiger partial charge >= 0.3 is 0 Å². The first kappa shape index (κ1) is 25.7. The van der Waals surface area contributed by atoms with E-state index in [1.807, 2.05) is 24.3 Å². The fourth-order valence-electron chi connectivity index (χ4n) is 4.61. The van der Waals surface area contributed by atoms with E-state index >= 15 is 0 Å². The van der Waals surface area contributed by atoms with E-state index in [9.17, 15) is 14.7 Å². The number of ether oxygens (including phenoxy) is 2. The van der Waals surface area contributed by atoms with E-state index in [2.05, 4.69) is 25.3 Å². The Morgan fingerprint density at radius 2 is 1.75 bits per heavy atom. The zero-order valence-corrected chi connectivity index (χ0v) is 21.0. The summed E-state index contributed by atoms with van der Waals surface area (Å²) in [7, 11) is 0. The number of carbonyl (C=O) groups is 2. The van der Waals surface area contributed by atoms with Gasteiger partial charge in [-0.15, -0.1) is 0 Å². The molecule has 2 aromatic carbocycles. The summed E-state index contributed by atoms with van der Waals surface area (Å²) in [4.78, 5) is 30.3. The van der Waals surface area contributed by atoms with Crippen LogP contribution in [0.25, 0.3) is 5.76 Å². The van der Waals surface area contributed by atoms with Crippen LogP contribution in [-0.4, -0.2) is 72.6 Å².